The second-order valence-corrected chi connectivity index (χ2v) is 5.26. The van der Waals surface area contributed by atoms with Crippen LogP contribution in [-0.2, 0) is 11.3 Å². The second kappa shape index (κ2) is 5.87. The number of oxazole rings is 1. The first-order valence-electron chi connectivity index (χ1n) is 6.29. The van der Waals surface area contributed by atoms with E-state index in [2.05, 4.69) is 0 Å². The number of carbonyl (C=O) groups excluding carboxylic acids is 1. The van der Waals surface area contributed by atoms with E-state index in [4.69, 9.17) is 32.4 Å². The maximum absolute atomic E-state index is 12.0. The van der Waals surface area contributed by atoms with Crippen molar-refractivity contribution >= 4 is 40.3 Å². The largest absolute Gasteiger partial charge is 0.422 e. The first kappa shape index (κ1) is 14.7. The number of rotatable bonds is 3. The van der Waals surface area contributed by atoms with Crippen LogP contribution in [0, 0.1) is 0 Å². The zero-order valence-corrected chi connectivity index (χ0v) is 12.6. The van der Waals surface area contributed by atoms with Crippen LogP contribution < -0.4 is 10.5 Å². The van der Waals surface area contributed by atoms with Gasteiger partial charge in [0.15, 0.2) is 11.3 Å². The molecule has 0 saturated carbocycles. The average Bonchev–Trinajstić information content (AvgIpc) is 2.79. The molecule has 1 heterocycles. The van der Waals surface area contributed by atoms with Gasteiger partial charge in [-0.05, 0) is 24.3 Å². The van der Waals surface area contributed by atoms with Crippen LogP contribution in [-0.4, -0.2) is 10.5 Å². The molecule has 0 unspecified atom stereocenters. The standard InChI is InChI=1S/C15H9Cl2NO4/c16-9-4-3-5-10(17)14(9)22-13(19)8-18-11-6-1-2-7-12(11)21-15(18)20/h1-7H,8H2. The number of benzene rings is 2. The van der Waals surface area contributed by atoms with Crippen LogP contribution in [0.15, 0.2) is 51.7 Å². The normalized spacial score (nSPS) is 10.8. The van der Waals surface area contributed by atoms with Crippen LogP contribution in [0.25, 0.3) is 11.1 Å². The third-order valence-corrected chi connectivity index (χ3v) is 3.59. The Balaban J connectivity index is 1.88. The number of hydrogen-bond donors (Lipinski definition) is 0. The number of fused-ring (bicyclic) bond motifs is 1. The van der Waals surface area contributed by atoms with Gasteiger partial charge in [0.25, 0.3) is 0 Å². The molecule has 0 saturated heterocycles. The molecule has 0 bridgehead atoms. The fourth-order valence-electron chi connectivity index (χ4n) is 2.02. The second-order valence-electron chi connectivity index (χ2n) is 4.45. The van der Waals surface area contributed by atoms with E-state index in [1.165, 1.54) is 4.57 Å². The SMILES string of the molecule is O=C(Cn1c(=O)oc2ccccc21)Oc1c(Cl)cccc1Cl. The average molecular weight is 338 g/mol. The molecule has 0 aliphatic rings. The number of nitrogens with zero attached hydrogens (tertiary/aromatic N) is 1. The molecule has 0 amide bonds. The lowest BCUT2D eigenvalue weighted by Gasteiger charge is -2.08. The first-order valence-corrected chi connectivity index (χ1v) is 7.05. The number of aromatic nitrogens is 1. The Morgan fingerprint density at radius 1 is 1.09 bits per heavy atom. The molecule has 3 aromatic rings. The van der Waals surface area contributed by atoms with Crippen LogP contribution in [0.3, 0.4) is 0 Å². The third-order valence-electron chi connectivity index (χ3n) is 3.00. The molecule has 112 valence electrons. The Morgan fingerprint density at radius 3 is 2.50 bits per heavy atom. The molecule has 0 aliphatic carbocycles. The van der Waals surface area contributed by atoms with Crippen molar-refractivity contribution in [3.63, 3.8) is 0 Å². The zero-order chi connectivity index (χ0) is 15.7. The minimum Gasteiger partial charge on any atom is -0.422 e. The van der Waals surface area contributed by atoms with Crippen LogP contribution >= 0.6 is 23.2 Å². The quantitative estimate of drug-likeness (QED) is 0.542. The summed E-state index contributed by atoms with van der Waals surface area (Å²) in [5.41, 5.74) is 0.908. The summed E-state index contributed by atoms with van der Waals surface area (Å²) in [6, 6.07) is 11.5. The van der Waals surface area contributed by atoms with E-state index in [1.807, 2.05) is 0 Å². The third kappa shape index (κ3) is 2.73. The van der Waals surface area contributed by atoms with Gasteiger partial charge >= 0.3 is 11.7 Å². The van der Waals surface area contributed by atoms with Crippen molar-refractivity contribution in [2.45, 2.75) is 6.54 Å². The molecule has 1 aromatic heterocycles. The van der Waals surface area contributed by atoms with Crippen LogP contribution in [0.2, 0.25) is 10.0 Å². The fourth-order valence-corrected chi connectivity index (χ4v) is 2.49. The highest BCUT2D eigenvalue weighted by Crippen LogP contribution is 2.32. The smallest absolute Gasteiger partial charge is 0.420 e. The van der Waals surface area contributed by atoms with Gasteiger partial charge < -0.3 is 9.15 Å². The van der Waals surface area contributed by atoms with Gasteiger partial charge in [-0.3, -0.25) is 4.57 Å². The minimum absolute atomic E-state index is 0.0664. The van der Waals surface area contributed by atoms with Gasteiger partial charge in [0, 0.05) is 0 Å². The monoisotopic (exact) mass is 337 g/mol. The van der Waals surface area contributed by atoms with E-state index < -0.39 is 11.7 Å². The van der Waals surface area contributed by atoms with Crippen molar-refractivity contribution < 1.29 is 13.9 Å². The Kier molecular flexibility index (Phi) is 3.92. The number of carbonyl (C=O) groups is 1. The van der Waals surface area contributed by atoms with Crippen LogP contribution in [0.5, 0.6) is 5.75 Å². The maximum atomic E-state index is 12.0. The summed E-state index contributed by atoms with van der Waals surface area (Å²) in [6.45, 7) is -0.308. The summed E-state index contributed by atoms with van der Waals surface area (Å²) in [5, 5.41) is 0.426. The van der Waals surface area contributed by atoms with Gasteiger partial charge in [-0.1, -0.05) is 41.4 Å². The van der Waals surface area contributed by atoms with E-state index in [0.29, 0.717) is 11.1 Å². The first-order chi connectivity index (χ1) is 10.6. The van der Waals surface area contributed by atoms with Crippen molar-refractivity contribution in [2.75, 3.05) is 0 Å². The zero-order valence-electron chi connectivity index (χ0n) is 11.1. The van der Waals surface area contributed by atoms with Gasteiger partial charge in [-0.15, -0.1) is 0 Å². The predicted molar refractivity (Wildman–Crippen MR) is 82.6 cm³/mol. The molecule has 3 rings (SSSR count). The summed E-state index contributed by atoms with van der Waals surface area (Å²) in [4.78, 5) is 23.8. The molecule has 0 atom stereocenters. The Hall–Kier alpha value is -2.24. The molecule has 0 aliphatic heterocycles. The highest BCUT2D eigenvalue weighted by molar-refractivity contribution is 6.37. The molecular formula is C15H9Cl2NO4. The van der Waals surface area contributed by atoms with E-state index in [0.717, 1.165) is 0 Å². The Bertz CT molecular complexity index is 893. The number of esters is 1. The van der Waals surface area contributed by atoms with Gasteiger partial charge in [0.05, 0.1) is 15.6 Å². The molecular weight excluding hydrogens is 329 g/mol. The lowest BCUT2D eigenvalue weighted by atomic mass is 10.3. The molecule has 0 radical (unpaired) electrons. The molecule has 7 heteroatoms. The number of ether oxygens (including phenoxy) is 1. The summed E-state index contributed by atoms with van der Waals surface area (Å²) in [6.07, 6.45) is 0. The molecule has 0 spiro atoms. The predicted octanol–water partition coefficient (Wildman–Crippen LogP) is 3.51. The fraction of sp³-hybridized carbons (Fsp3) is 0.0667. The Morgan fingerprint density at radius 2 is 1.77 bits per heavy atom. The molecule has 5 nitrogen and oxygen atoms in total. The lowest BCUT2D eigenvalue weighted by Crippen LogP contribution is -2.23. The van der Waals surface area contributed by atoms with Crippen molar-refractivity contribution in [3.8, 4) is 5.75 Å². The van der Waals surface area contributed by atoms with Gasteiger partial charge in [0.2, 0.25) is 0 Å². The van der Waals surface area contributed by atoms with E-state index in [9.17, 15) is 9.59 Å². The Labute approximate surface area is 134 Å². The molecule has 0 fully saturated rings. The molecule has 0 N–H and O–H groups in total. The van der Waals surface area contributed by atoms with Gasteiger partial charge in [-0.2, -0.15) is 0 Å². The van der Waals surface area contributed by atoms with E-state index >= 15 is 0 Å². The summed E-state index contributed by atoms with van der Waals surface area (Å²) in [5.74, 6) is -1.25. The van der Waals surface area contributed by atoms with Crippen LogP contribution in [0.1, 0.15) is 0 Å². The summed E-state index contributed by atoms with van der Waals surface area (Å²) >= 11 is 11.9. The topological polar surface area (TPSA) is 61.4 Å². The van der Waals surface area contributed by atoms with Gasteiger partial charge in [-0.25, -0.2) is 9.59 Å². The lowest BCUT2D eigenvalue weighted by molar-refractivity contribution is -0.135. The van der Waals surface area contributed by atoms with E-state index in [-0.39, 0.29) is 22.3 Å². The highest BCUT2D eigenvalue weighted by Gasteiger charge is 2.16. The van der Waals surface area contributed by atoms with Crippen LogP contribution in [0.4, 0.5) is 0 Å². The minimum atomic E-state index is -0.677. The summed E-state index contributed by atoms with van der Waals surface area (Å²) < 4.78 is 11.4. The van der Waals surface area contributed by atoms with Crippen molar-refractivity contribution in [1.82, 2.24) is 4.57 Å². The van der Waals surface area contributed by atoms with Crippen molar-refractivity contribution in [1.29, 1.82) is 0 Å². The number of halogens is 2. The molecule has 2 aromatic carbocycles. The van der Waals surface area contributed by atoms with Gasteiger partial charge in [0.1, 0.15) is 6.54 Å². The molecule has 22 heavy (non-hydrogen) atoms. The summed E-state index contributed by atoms with van der Waals surface area (Å²) in [7, 11) is 0. The highest BCUT2D eigenvalue weighted by atomic mass is 35.5. The maximum Gasteiger partial charge on any atom is 0.420 e. The number of para-hydroxylation sites is 3. The van der Waals surface area contributed by atoms with E-state index in [1.54, 1.807) is 42.5 Å². The number of hydrogen-bond acceptors (Lipinski definition) is 4. The van der Waals surface area contributed by atoms with Crippen molar-refractivity contribution in [2.24, 2.45) is 0 Å². The van der Waals surface area contributed by atoms with Crippen molar-refractivity contribution in [3.05, 3.63) is 63.1 Å².